The zero-order valence-corrected chi connectivity index (χ0v) is 11.7. The highest BCUT2D eigenvalue weighted by molar-refractivity contribution is 5.62. The summed E-state index contributed by atoms with van der Waals surface area (Å²) in [5.74, 6) is 0.259. The Labute approximate surface area is 126 Å². The molecule has 0 aromatic carbocycles. The number of nitrogen functional groups attached to an aromatic ring is 1. The summed E-state index contributed by atoms with van der Waals surface area (Å²) in [7, 11) is 0. The van der Waals surface area contributed by atoms with E-state index >= 15 is 0 Å². The Bertz CT molecular complexity index is 923. The van der Waals surface area contributed by atoms with Crippen LogP contribution in [0.4, 0.5) is 5.95 Å². The summed E-state index contributed by atoms with van der Waals surface area (Å²) < 4.78 is 3.59. The summed E-state index contributed by atoms with van der Waals surface area (Å²) in [5.41, 5.74) is 9.35. The average molecular weight is 291 g/mol. The van der Waals surface area contributed by atoms with Gasteiger partial charge in [0.25, 0.3) is 0 Å². The highest BCUT2D eigenvalue weighted by Gasteiger charge is 2.09. The Kier molecular flexibility index (Phi) is 2.82. The van der Waals surface area contributed by atoms with Crippen molar-refractivity contribution >= 4 is 11.6 Å². The van der Waals surface area contributed by atoms with Gasteiger partial charge in [0.2, 0.25) is 5.95 Å². The number of hydrogen-bond donors (Lipinski definition) is 1. The van der Waals surface area contributed by atoms with Crippen LogP contribution in [0.2, 0.25) is 0 Å². The molecule has 4 heterocycles. The monoisotopic (exact) mass is 291 g/mol. The van der Waals surface area contributed by atoms with Crippen LogP contribution < -0.4 is 5.73 Å². The molecule has 0 aliphatic carbocycles. The van der Waals surface area contributed by atoms with Gasteiger partial charge < -0.3 is 5.73 Å². The van der Waals surface area contributed by atoms with E-state index in [-0.39, 0.29) is 5.95 Å². The van der Waals surface area contributed by atoms with E-state index in [4.69, 9.17) is 5.73 Å². The minimum atomic E-state index is 0.259. The standard InChI is InChI=1S/C15H13N7/c16-15-19-14-5-1-4-13(22(14)20-15)12-8-18-21(10-12)9-11-3-2-6-17-7-11/h1-8,10H,9H2,(H2,16,20). The summed E-state index contributed by atoms with van der Waals surface area (Å²) in [5, 5.41) is 8.62. The molecule has 108 valence electrons. The molecule has 2 N–H and O–H groups in total. The average Bonchev–Trinajstić information content (AvgIpc) is 3.13. The van der Waals surface area contributed by atoms with Gasteiger partial charge in [-0.3, -0.25) is 9.67 Å². The van der Waals surface area contributed by atoms with E-state index in [0.29, 0.717) is 6.54 Å². The molecule has 0 aliphatic rings. The van der Waals surface area contributed by atoms with Crippen molar-refractivity contribution in [2.75, 3.05) is 5.73 Å². The van der Waals surface area contributed by atoms with Crippen LogP contribution in [0.15, 0.2) is 55.1 Å². The Morgan fingerprint density at radius 3 is 2.91 bits per heavy atom. The van der Waals surface area contributed by atoms with Gasteiger partial charge in [0.1, 0.15) is 0 Å². The van der Waals surface area contributed by atoms with E-state index in [9.17, 15) is 0 Å². The van der Waals surface area contributed by atoms with Crippen LogP contribution in [0.1, 0.15) is 5.56 Å². The summed E-state index contributed by atoms with van der Waals surface area (Å²) in [6.07, 6.45) is 7.37. The van der Waals surface area contributed by atoms with Crippen molar-refractivity contribution in [1.29, 1.82) is 0 Å². The van der Waals surface area contributed by atoms with Crippen molar-refractivity contribution in [3.63, 3.8) is 0 Å². The third-order valence-corrected chi connectivity index (χ3v) is 3.37. The second-order valence-corrected chi connectivity index (χ2v) is 4.94. The molecule has 0 atom stereocenters. The molecule has 22 heavy (non-hydrogen) atoms. The molecule has 0 saturated heterocycles. The van der Waals surface area contributed by atoms with Crippen LogP contribution in [0.3, 0.4) is 0 Å². The molecule has 0 aliphatic heterocycles. The fraction of sp³-hybridized carbons (Fsp3) is 0.0667. The van der Waals surface area contributed by atoms with Crippen LogP contribution in [0.25, 0.3) is 16.9 Å². The smallest absolute Gasteiger partial charge is 0.240 e. The zero-order chi connectivity index (χ0) is 14.9. The highest BCUT2D eigenvalue weighted by atomic mass is 15.3. The van der Waals surface area contributed by atoms with E-state index < -0.39 is 0 Å². The zero-order valence-electron chi connectivity index (χ0n) is 11.7. The first-order valence-corrected chi connectivity index (χ1v) is 6.82. The summed E-state index contributed by atoms with van der Waals surface area (Å²) in [6.45, 7) is 0.670. The molecule has 4 rings (SSSR count). The third-order valence-electron chi connectivity index (χ3n) is 3.37. The second-order valence-electron chi connectivity index (χ2n) is 4.94. The van der Waals surface area contributed by atoms with Crippen molar-refractivity contribution in [2.24, 2.45) is 0 Å². The lowest BCUT2D eigenvalue weighted by Crippen LogP contribution is -2.00. The van der Waals surface area contributed by atoms with Gasteiger partial charge in [0, 0.05) is 24.2 Å². The predicted octanol–water partition coefficient (Wildman–Crippen LogP) is 1.62. The number of nitrogens with two attached hydrogens (primary N) is 1. The third kappa shape index (κ3) is 2.18. The fourth-order valence-electron chi connectivity index (χ4n) is 2.40. The first kappa shape index (κ1) is 12.5. The van der Waals surface area contributed by atoms with Crippen LogP contribution in [0.5, 0.6) is 0 Å². The van der Waals surface area contributed by atoms with Crippen molar-refractivity contribution in [3.05, 3.63) is 60.7 Å². The largest absolute Gasteiger partial charge is 0.366 e. The molecule has 0 fully saturated rings. The van der Waals surface area contributed by atoms with Crippen LogP contribution in [0, 0.1) is 0 Å². The van der Waals surface area contributed by atoms with Gasteiger partial charge in [0.15, 0.2) is 5.65 Å². The number of aromatic nitrogens is 6. The molecular formula is C15H13N7. The first-order valence-electron chi connectivity index (χ1n) is 6.82. The van der Waals surface area contributed by atoms with Gasteiger partial charge in [-0.25, -0.2) is 4.52 Å². The number of hydrogen-bond acceptors (Lipinski definition) is 5. The Hall–Kier alpha value is -3.22. The maximum Gasteiger partial charge on any atom is 0.240 e. The quantitative estimate of drug-likeness (QED) is 0.619. The lowest BCUT2D eigenvalue weighted by molar-refractivity contribution is 0.685. The van der Waals surface area contributed by atoms with Crippen molar-refractivity contribution in [2.45, 2.75) is 6.54 Å². The summed E-state index contributed by atoms with van der Waals surface area (Å²) in [6, 6.07) is 9.70. The van der Waals surface area contributed by atoms with E-state index in [2.05, 4.69) is 20.2 Å². The Morgan fingerprint density at radius 1 is 1.09 bits per heavy atom. The molecular weight excluding hydrogens is 278 g/mol. The Morgan fingerprint density at radius 2 is 2.05 bits per heavy atom. The van der Waals surface area contributed by atoms with E-state index in [1.54, 1.807) is 10.7 Å². The molecule has 4 aromatic rings. The number of pyridine rings is 2. The molecule has 0 spiro atoms. The van der Waals surface area contributed by atoms with Crippen LogP contribution >= 0.6 is 0 Å². The lowest BCUT2D eigenvalue weighted by Gasteiger charge is -2.01. The second kappa shape index (κ2) is 4.96. The van der Waals surface area contributed by atoms with Gasteiger partial charge in [-0.15, -0.1) is 5.10 Å². The summed E-state index contributed by atoms with van der Waals surface area (Å²) >= 11 is 0. The van der Waals surface area contributed by atoms with Crippen LogP contribution in [-0.2, 0) is 6.54 Å². The van der Waals surface area contributed by atoms with Gasteiger partial charge in [-0.2, -0.15) is 10.1 Å². The molecule has 0 amide bonds. The first-order chi connectivity index (χ1) is 10.8. The predicted molar refractivity (Wildman–Crippen MR) is 82.0 cm³/mol. The number of rotatable bonds is 3. The summed E-state index contributed by atoms with van der Waals surface area (Å²) in [4.78, 5) is 8.28. The Balaban J connectivity index is 1.71. The highest BCUT2D eigenvalue weighted by Crippen LogP contribution is 2.20. The van der Waals surface area contributed by atoms with Crippen molar-refractivity contribution in [3.8, 4) is 11.3 Å². The molecule has 0 saturated carbocycles. The van der Waals surface area contributed by atoms with Gasteiger partial charge in [-0.05, 0) is 23.8 Å². The van der Waals surface area contributed by atoms with E-state index in [1.807, 2.05) is 53.6 Å². The maximum absolute atomic E-state index is 5.67. The number of anilines is 1. The fourth-order valence-corrected chi connectivity index (χ4v) is 2.40. The van der Waals surface area contributed by atoms with Crippen LogP contribution in [-0.4, -0.2) is 29.4 Å². The van der Waals surface area contributed by atoms with Crippen molar-refractivity contribution in [1.82, 2.24) is 29.4 Å². The number of fused-ring (bicyclic) bond motifs is 1. The maximum atomic E-state index is 5.67. The molecule has 0 radical (unpaired) electrons. The lowest BCUT2D eigenvalue weighted by atomic mass is 10.2. The molecule has 0 unspecified atom stereocenters. The van der Waals surface area contributed by atoms with Gasteiger partial charge in [-0.1, -0.05) is 12.1 Å². The minimum Gasteiger partial charge on any atom is -0.366 e. The van der Waals surface area contributed by atoms with Gasteiger partial charge >= 0.3 is 0 Å². The molecule has 7 nitrogen and oxygen atoms in total. The SMILES string of the molecule is Nc1nc2cccc(-c3cnn(Cc4cccnc4)c3)n2n1. The van der Waals surface area contributed by atoms with E-state index in [0.717, 1.165) is 22.5 Å². The van der Waals surface area contributed by atoms with E-state index in [1.165, 1.54) is 0 Å². The normalized spacial score (nSPS) is 11.1. The minimum absolute atomic E-state index is 0.259. The molecule has 0 bridgehead atoms. The van der Waals surface area contributed by atoms with Gasteiger partial charge in [0.05, 0.1) is 18.4 Å². The number of nitrogens with zero attached hydrogens (tertiary/aromatic N) is 6. The van der Waals surface area contributed by atoms with Crippen molar-refractivity contribution < 1.29 is 0 Å². The molecule has 4 aromatic heterocycles. The molecule has 7 heteroatoms. The topological polar surface area (TPSA) is 86.9 Å².